The fourth-order valence-electron chi connectivity index (χ4n) is 4.85. The lowest BCUT2D eigenvalue weighted by Gasteiger charge is -2.30. The van der Waals surface area contributed by atoms with Crippen molar-refractivity contribution in [1.82, 2.24) is 9.88 Å². The molecule has 2 aromatic rings. The van der Waals surface area contributed by atoms with Gasteiger partial charge >= 0.3 is 5.97 Å². The molecule has 2 atom stereocenters. The highest BCUT2D eigenvalue weighted by molar-refractivity contribution is 7.90. The highest BCUT2D eigenvalue weighted by atomic mass is 32.2. The van der Waals surface area contributed by atoms with Crippen molar-refractivity contribution in [2.24, 2.45) is 11.7 Å². The van der Waals surface area contributed by atoms with Crippen LogP contribution < -0.4 is 15.4 Å². The minimum atomic E-state index is -3.15. The Bertz CT molecular complexity index is 1430. The molecule has 0 aliphatic carbocycles. The number of allylic oxidation sites excluding steroid dienone is 2. The molecule has 1 aromatic heterocycles. The van der Waals surface area contributed by atoms with Crippen molar-refractivity contribution < 1.29 is 22.7 Å². The quantitative estimate of drug-likeness (QED) is 0.383. The van der Waals surface area contributed by atoms with E-state index in [1.165, 1.54) is 12.5 Å². The molecule has 9 nitrogen and oxygen atoms in total. The molecule has 1 aliphatic heterocycles. The number of benzene rings is 1. The monoisotopic (exact) mass is 598 g/mol. The smallest absolute Gasteiger partial charge is 0.329 e. The number of pyridine rings is 1. The van der Waals surface area contributed by atoms with Crippen LogP contribution in [0.3, 0.4) is 0 Å². The zero-order valence-corrected chi connectivity index (χ0v) is 27.0. The van der Waals surface area contributed by atoms with Gasteiger partial charge in [-0.3, -0.25) is 0 Å². The van der Waals surface area contributed by atoms with E-state index in [4.69, 9.17) is 15.2 Å². The van der Waals surface area contributed by atoms with Gasteiger partial charge in [-0.2, -0.15) is 0 Å². The van der Waals surface area contributed by atoms with E-state index in [0.29, 0.717) is 30.4 Å². The summed E-state index contributed by atoms with van der Waals surface area (Å²) in [4.78, 5) is 21.1. The number of hydrogen-bond donors (Lipinski definition) is 1. The van der Waals surface area contributed by atoms with Gasteiger partial charge in [0.1, 0.15) is 17.6 Å². The predicted octanol–water partition coefficient (Wildman–Crippen LogP) is 4.85. The number of carbonyl (C=O) groups excluding carboxylic acids is 1. The zero-order valence-electron chi connectivity index (χ0n) is 26.2. The number of ether oxygens (including phenoxy) is 2. The Morgan fingerprint density at radius 2 is 1.98 bits per heavy atom. The predicted molar refractivity (Wildman–Crippen MR) is 171 cm³/mol. The minimum Gasteiger partial charge on any atom is -0.496 e. The number of anilines is 1. The first-order chi connectivity index (χ1) is 19.7. The van der Waals surface area contributed by atoms with Gasteiger partial charge in [0.25, 0.3) is 0 Å². The van der Waals surface area contributed by atoms with E-state index in [0.717, 1.165) is 46.7 Å². The molecule has 10 heteroatoms. The lowest BCUT2D eigenvalue weighted by molar-refractivity contribution is -0.148. The Morgan fingerprint density at radius 3 is 2.43 bits per heavy atom. The Hall–Kier alpha value is -3.79. The van der Waals surface area contributed by atoms with Crippen LogP contribution in [-0.4, -0.2) is 70.9 Å². The van der Waals surface area contributed by atoms with Gasteiger partial charge < -0.3 is 25.0 Å². The number of hydrogen-bond acceptors (Lipinski definition) is 9. The van der Waals surface area contributed by atoms with Gasteiger partial charge in [-0.15, -0.1) is 0 Å². The Kier molecular flexibility index (Phi) is 12.2. The van der Waals surface area contributed by atoms with Crippen LogP contribution >= 0.6 is 0 Å². The molecule has 1 fully saturated rings. The van der Waals surface area contributed by atoms with Gasteiger partial charge in [0.05, 0.1) is 18.6 Å². The molecule has 2 heterocycles. The van der Waals surface area contributed by atoms with Crippen molar-refractivity contribution in [3.8, 4) is 5.75 Å². The summed E-state index contributed by atoms with van der Waals surface area (Å²) in [6.07, 6.45) is 7.95. The maximum atomic E-state index is 12.8. The summed E-state index contributed by atoms with van der Waals surface area (Å²) in [5.41, 5.74) is 11.0. The molecule has 2 N–H and O–H groups in total. The van der Waals surface area contributed by atoms with E-state index in [1.54, 1.807) is 13.2 Å². The van der Waals surface area contributed by atoms with Crippen LogP contribution in [0.2, 0.25) is 0 Å². The van der Waals surface area contributed by atoms with Crippen LogP contribution in [-0.2, 0) is 25.8 Å². The number of esters is 1. The summed E-state index contributed by atoms with van der Waals surface area (Å²) in [6, 6.07) is 5.10. The molecular weight excluding hydrogens is 552 g/mol. The fourth-order valence-corrected chi connectivity index (χ4v) is 5.49. The third-order valence-electron chi connectivity index (χ3n) is 7.11. The molecule has 0 amide bonds. The summed E-state index contributed by atoms with van der Waals surface area (Å²) < 4.78 is 33.4. The topological polar surface area (TPSA) is 115 Å². The van der Waals surface area contributed by atoms with E-state index in [9.17, 15) is 13.2 Å². The molecule has 0 spiro atoms. The fraction of sp³-hybridized carbons (Fsp3) is 0.438. The lowest BCUT2D eigenvalue weighted by Crippen LogP contribution is -2.41. The van der Waals surface area contributed by atoms with Crippen LogP contribution in [0.25, 0.3) is 11.8 Å². The van der Waals surface area contributed by atoms with E-state index in [-0.39, 0.29) is 10.9 Å². The first-order valence-corrected chi connectivity index (χ1v) is 15.8. The van der Waals surface area contributed by atoms with Gasteiger partial charge in [-0.25, -0.2) is 18.2 Å². The molecule has 3 rings (SSSR count). The minimum absolute atomic E-state index is 0.236. The summed E-state index contributed by atoms with van der Waals surface area (Å²) in [6.45, 7) is 17.0. The van der Waals surface area contributed by atoms with Crippen LogP contribution in [0.15, 0.2) is 54.2 Å². The lowest BCUT2D eigenvalue weighted by atomic mass is 9.96. The van der Waals surface area contributed by atoms with E-state index >= 15 is 0 Å². The van der Waals surface area contributed by atoms with Gasteiger partial charge in [0, 0.05) is 56.5 Å². The summed E-state index contributed by atoms with van der Waals surface area (Å²) in [5.74, 6) is 1.60. The van der Waals surface area contributed by atoms with Crippen LogP contribution in [0.1, 0.15) is 49.4 Å². The number of aryl methyl sites for hydroxylation is 1. The molecular formula is C32H46N4O5S. The second-order valence-electron chi connectivity index (χ2n) is 10.6. The standard InChI is InChI=1S/C23H32N2O3.C9H14N2O2S/c1-7-9-18-12-19(22(27-6)14-20(18)16(4)24)13-21(23(26)28-8-2)25-11-10-15(3)17(25)5;1-7-5-8(14(4,12)13)6-10-9(7)11(2)3/h7,9,12,14-15,21H,4-5,8,10-11,13,24H2,1-3,6H3;5-6H,1-4H3/b9-7-;/t15-,21?;/m0./s1. The molecule has 230 valence electrons. The number of sulfone groups is 1. The molecule has 1 saturated heterocycles. The van der Waals surface area contributed by atoms with Crippen LogP contribution in [0, 0.1) is 12.8 Å². The van der Waals surface area contributed by atoms with Crippen LogP contribution in [0.5, 0.6) is 5.75 Å². The Morgan fingerprint density at radius 1 is 1.31 bits per heavy atom. The van der Waals surface area contributed by atoms with Crippen molar-refractivity contribution in [3.63, 3.8) is 0 Å². The average molecular weight is 599 g/mol. The number of rotatable bonds is 10. The normalized spacial score (nSPS) is 15.7. The molecule has 1 aliphatic rings. The number of methoxy groups -OCH3 is 1. The number of aromatic nitrogens is 1. The number of nitrogens with two attached hydrogens (primary N) is 1. The van der Waals surface area contributed by atoms with Gasteiger partial charge in [0.15, 0.2) is 9.84 Å². The highest BCUT2D eigenvalue weighted by Gasteiger charge is 2.34. The summed E-state index contributed by atoms with van der Waals surface area (Å²) in [7, 11) is 2.21. The number of likely N-dealkylation sites (tertiary alicyclic amines) is 1. The molecule has 0 saturated carbocycles. The average Bonchev–Trinajstić information content (AvgIpc) is 3.24. The van der Waals surface area contributed by atoms with Crippen molar-refractivity contribution in [1.29, 1.82) is 0 Å². The van der Waals surface area contributed by atoms with Crippen molar-refractivity contribution in [2.75, 3.05) is 45.5 Å². The Labute approximate surface area is 251 Å². The van der Waals surface area contributed by atoms with Gasteiger partial charge in [-0.05, 0) is 68.0 Å². The molecule has 0 bridgehead atoms. The number of nitrogens with zero attached hydrogens (tertiary/aromatic N) is 3. The van der Waals surface area contributed by atoms with E-state index in [1.807, 2.05) is 64.1 Å². The van der Waals surface area contributed by atoms with Crippen molar-refractivity contribution in [3.05, 3.63) is 71.6 Å². The van der Waals surface area contributed by atoms with Gasteiger partial charge in [0.2, 0.25) is 0 Å². The summed E-state index contributed by atoms with van der Waals surface area (Å²) in [5, 5.41) is 0. The Balaban J connectivity index is 0.000000369. The molecule has 42 heavy (non-hydrogen) atoms. The molecule has 1 unspecified atom stereocenters. The SMILES string of the molecule is C=C(N)c1cc(OC)c(CC(C(=O)OCC)N2CC[C@H](C)C2=C)cc1/C=C\C.Cc1cc(S(C)(=O)=O)cnc1N(C)C. The second kappa shape index (κ2) is 14.9. The van der Waals surface area contributed by atoms with Gasteiger partial charge in [-0.1, -0.05) is 32.2 Å². The maximum Gasteiger partial charge on any atom is 0.329 e. The highest BCUT2D eigenvalue weighted by Crippen LogP contribution is 2.33. The third-order valence-corrected chi connectivity index (χ3v) is 8.19. The number of carbonyl (C=O) groups is 1. The molecule has 0 radical (unpaired) electrons. The second-order valence-corrected chi connectivity index (χ2v) is 12.6. The van der Waals surface area contributed by atoms with Crippen molar-refractivity contribution in [2.45, 2.75) is 51.5 Å². The molecule has 1 aromatic carbocycles. The van der Waals surface area contributed by atoms with Crippen molar-refractivity contribution >= 4 is 33.4 Å². The third kappa shape index (κ3) is 8.61. The first-order valence-electron chi connectivity index (χ1n) is 13.9. The first kappa shape index (κ1) is 34.4. The largest absolute Gasteiger partial charge is 0.496 e. The van der Waals surface area contributed by atoms with E-state index < -0.39 is 15.9 Å². The van der Waals surface area contributed by atoms with Crippen LogP contribution in [0.4, 0.5) is 5.82 Å². The van der Waals surface area contributed by atoms with E-state index in [2.05, 4.69) is 30.0 Å². The maximum absolute atomic E-state index is 12.8. The summed E-state index contributed by atoms with van der Waals surface area (Å²) >= 11 is 0. The zero-order chi connectivity index (χ0) is 31.8.